The number of nitrogens with two attached hydrogens (primary N) is 1. The molecule has 2 N–H and O–H groups in total. The number of quaternary nitrogens is 1. The summed E-state index contributed by atoms with van der Waals surface area (Å²) in [6.45, 7) is 0. The van der Waals surface area contributed by atoms with Crippen LogP contribution in [0.3, 0.4) is 0 Å². The van der Waals surface area contributed by atoms with Crippen LogP contribution in [0.2, 0.25) is 0 Å². The number of hydroxylamine groups is 1. The molecule has 2 aromatic rings. The molecular weight excluding hydrogens is 186 g/mol. The van der Waals surface area contributed by atoms with Crippen molar-refractivity contribution in [3.8, 4) is 0 Å². The first-order valence-electron chi connectivity index (χ1n) is 4.97. The Balaban J connectivity index is 2.34. The first-order chi connectivity index (χ1) is 7.42. The van der Waals surface area contributed by atoms with Crippen molar-refractivity contribution in [2.24, 2.45) is 0 Å². The smallest absolute Gasteiger partial charge is 0.137 e. The lowest BCUT2D eigenvalue weighted by atomic mass is 10.00. The Kier molecular flexibility index (Phi) is 3.12. The molecule has 15 heavy (non-hydrogen) atoms. The van der Waals surface area contributed by atoms with Crippen molar-refractivity contribution in [1.29, 1.82) is 0 Å². The van der Waals surface area contributed by atoms with Gasteiger partial charge in [-0.15, -0.1) is 0 Å². The highest BCUT2D eigenvalue weighted by molar-refractivity contribution is 5.28. The standard InChI is InChI=1S/C13H13NO/c15-14-13(11-7-3-1-4-8-11)12-9-5-2-6-10-12/h1-10,13H,14H2. The molecule has 0 spiro atoms. The van der Waals surface area contributed by atoms with E-state index in [4.69, 9.17) is 0 Å². The fraction of sp³-hybridized carbons (Fsp3) is 0.0769. The molecular formula is C13H13NO. The molecule has 0 heterocycles. The minimum atomic E-state index is -0.146. The summed E-state index contributed by atoms with van der Waals surface area (Å²) < 4.78 is 0. The maximum atomic E-state index is 11.1. The second kappa shape index (κ2) is 4.73. The molecule has 0 unspecified atom stereocenters. The predicted octanol–water partition coefficient (Wildman–Crippen LogP) is 1.84. The Morgan fingerprint density at radius 2 is 1.13 bits per heavy atom. The van der Waals surface area contributed by atoms with Gasteiger partial charge in [-0.1, -0.05) is 60.7 Å². The van der Waals surface area contributed by atoms with Gasteiger partial charge in [0.05, 0.1) is 0 Å². The van der Waals surface area contributed by atoms with Gasteiger partial charge in [0.25, 0.3) is 0 Å². The summed E-state index contributed by atoms with van der Waals surface area (Å²) in [7, 11) is 0. The molecule has 0 amide bonds. The summed E-state index contributed by atoms with van der Waals surface area (Å²) >= 11 is 0. The van der Waals surface area contributed by atoms with Crippen molar-refractivity contribution in [2.45, 2.75) is 6.04 Å². The number of hydrogen-bond acceptors (Lipinski definition) is 1. The molecule has 2 aromatic carbocycles. The van der Waals surface area contributed by atoms with E-state index in [0.717, 1.165) is 16.6 Å². The number of rotatable bonds is 3. The van der Waals surface area contributed by atoms with Crippen molar-refractivity contribution < 1.29 is 5.48 Å². The monoisotopic (exact) mass is 199 g/mol. The minimum Gasteiger partial charge on any atom is -0.635 e. The van der Waals surface area contributed by atoms with E-state index in [9.17, 15) is 5.21 Å². The van der Waals surface area contributed by atoms with Gasteiger partial charge in [0.2, 0.25) is 0 Å². The second-order valence-electron chi connectivity index (χ2n) is 3.44. The van der Waals surface area contributed by atoms with Crippen molar-refractivity contribution in [1.82, 2.24) is 0 Å². The molecule has 76 valence electrons. The first-order valence-corrected chi connectivity index (χ1v) is 4.97. The summed E-state index contributed by atoms with van der Waals surface area (Å²) in [5.74, 6) is 0. The van der Waals surface area contributed by atoms with Crippen LogP contribution in [-0.4, -0.2) is 0 Å². The second-order valence-corrected chi connectivity index (χ2v) is 3.44. The molecule has 2 rings (SSSR count). The molecule has 2 heteroatoms. The van der Waals surface area contributed by atoms with Crippen molar-refractivity contribution in [3.05, 3.63) is 77.0 Å². The summed E-state index contributed by atoms with van der Waals surface area (Å²) in [6, 6.07) is 19.5. The van der Waals surface area contributed by atoms with Gasteiger partial charge in [0, 0.05) is 11.1 Å². The third kappa shape index (κ3) is 2.24. The van der Waals surface area contributed by atoms with Gasteiger partial charge in [-0.05, 0) is 0 Å². The van der Waals surface area contributed by atoms with Crippen LogP contribution < -0.4 is 5.48 Å². The van der Waals surface area contributed by atoms with Crippen LogP contribution in [0.4, 0.5) is 0 Å². The maximum absolute atomic E-state index is 11.1. The van der Waals surface area contributed by atoms with Crippen LogP contribution in [0.15, 0.2) is 60.7 Å². The van der Waals surface area contributed by atoms with E-state index >= 15 is 0 Å². The van der Waals surface area contributed by atoms with E-state index in [1.54, 1.807) is 0 Å². The van der Waals surface area contributed by atoms with Crippen LogP contribution >= 0.6 is 0 Å². The fourth-order valence-corrected chi connectivity index (χ4v) is 1.67. The third-order valence-corrected chi connectivity index (χ3v) is 2.45. The van der Waals surface area contributed by atoms with Crippen LogP contribution in [0, 0.1) is 5.21 Å². The molecule has 0 atom stereocenters. The highest BCUT2D eigenvalue weighted by atomic mass is 16.5. The van der Waals surface area contributed by atoms with E-state index in [2.05, 4.69) is 0 Å². The van der Waals surface area contributed by atoms with Gasteiger partial charge in [0.1, 0.15) is 6.04 Å². The lowest BCUT2D eigenvalue weighted by molar-refractivity contribution is -0.624. The molecule has 0 bridgehead atoms. The Hall–Kier alpha value is -1.64. The van der Waals surface area contributed by atoms with Crippen molar-refractivity contribution in [3.63, 3.8) is 0 Å². The van der Waals surface area contributed by atoms with E-state index in [1.165, 1.54) is 0 Å². The van der Waals surface area contributed by atoms with Crippen molar-refractivity contribution in [2.75, 3.05) is 0 Å². The average molecular weight is 199 g/mol. The quantitative estimate of drug-likeness (QED) is 0.753. The molecule has 0 saturated heterocycles. The molecule has 0 saturated carbocycles. The topological polar surface area (TPSA) is 39.7 Å². The third-order valence-electron chi connectivity index (χ3n) is 2.45. The zero-order valence-electron chi connectivity index (χ0n) is 8.34. The molecule has 0 aromatic heterocycles. The number of benzene rings is 2. The van der Waals surface area contributed by atoms with E-state index < -0.39 is 0 Å². The molecule has 0 aliphatic carbocycles. The molecule has 0 radical (unpaired) electrons. The molecule has 2 nitrogen and oxygen atoms in total. The van der Waals surface area contributed by atoms with Gasteiger partial charge in [-0.25, -0.2) is 0 Å². The lowest BCUT2D eigenvalue weighted by Crippen LogP contribution is -2.79. The van der Waals surface area contributed by atoms with Crippen molar-refractivity contribution >= 4 is 0 Å². The molecule has 0 aliphatic rings. The van der Waals surface area contributed by atoms with Crippen LogP contribution in [-0.2, 0) is 0 Å². The van der Waals surface area contributed by atoms with E-state index in [1.807, 2.05) is 60.7 Å². The largest absolute Gasteiger partial charge is 0.635 e. The summed E-state index contributed by atoms with van der Waals surface area (Å²) in [5.41, 5.74) is 3.07. The Bertz CT molecular complexity index is 360. The predicted molar refractivity (Wildman–Crippen MR) is 60.0 cm³/mol. The van der Waals surface area contributed by atoms with Crippen LogP contribution in [0.25, 0.3) is 0 Å². The molecule has 0 aliphatic heterocycles. The fourth-order valence-electron chi connectivity index (χ4n) is 1.67. The lowest BCUT2D eigenvalue weighted by Gasteiger charge is -2.17. The van der Waals surface area contributed by atoms with Crippen LogP contribution in [0.1, 0.15) is 17.2 Å². The normalized spacial score (nSPS) is 10.5. The first kappa shape index (κ1) is 9.90. The summed E-state index contributed by atoms with van der Waals surface area (Å²) in [6.07, 6.45) is 0. The van der Waals surface area contributed by atoms with Crippen LogP contribution in [0.5, 0.6) is 0 Å². The Morgan fingerprint density at radius 3 is 1.47 bits per heavy atom. The van der Waals surface area contributed by atoms with E-state index in [-0.39, 0.29) is 6.04 Å². The van der Waals surface area contributed by atoms with Gasteiger partial charge in [-0.3, -0.25) is 0 Å². The maximum Gasteiger partial charge on any atom is 0.137 e. The van der Waals surface area contributed by atoms with Gasteiger partial charge in [-0.2, -0.15) is 0 Å². The Labute approximate surface area is 89.2 Å². The minimum absolute atomic E-state index is 0.146. The summed E-state index contributed by atoms with van der Waals surface area (Å²) in [5, 5.41) is 11.1. The SMILES string of the molecule is [O-][NH2+]C(c1ccccc1)c1ccccc1. The Morgan fingerprint density at radius 1 is 0.733 bits per heavy atom. The zero-order chi connectivity index (χ0) is 10.5. The van der Waals surface area contributed by atoms with Gasteiger partial charge < -0.3 is 10.7 Å². The average Bonchev–Trinajstić information content (AvgIpc) is 2.33. The van der Waals surface area contributed by atoms with Gasteiger partial charge >= 0.3 is 0 Å². The highest BCUT2D eigenvalue weighted by Crippen LogP contribution is 2.17. The van der Waals surface area contributed by atoms with E-state index in [0.29, 0.717) is 0 Å². The zero-order valence-corrected chi connectivity index (χ0v) is 8.34. The molecule has 0 fully saturated rings. The highest BCUT2D eigenvalue weighted by Gasteiger charge is 2.12. The summed E-state index contributed by atoms with van der Waals surface area (Å²) in [4.78, 5) is 0. The van der Waals surface area contributed by atoms with Gasteiger partial charge in [0.15, 0.2) is 0 Å². The number of hydrogen-bond donors (Lipinski definition) is 1.